The van der Waals surface area contributed by atoms with Crippen LogP contribution in [0.4, 0.5) is 9.18 Å². The molecule has 2 aliphatic rings. The summed E-state index contributed by atoms with van der Waals surface area (Å²) < 4.78 is 39.8. The van der Waals surface area contributed by atoms with E-state index in [0.717, 1.165) is 43.6 Å². The van der Waals surface area contributed by atoms with E-state index in [1.807, 2.05) is 69.3 Å². The molecule has 1 fully saturated rings. The second-order valence-corrected chi connectivity index (χ2v) is 16.0. The lowest BCUT2D eigenvalue weighted by Crippen LogP contribution is -2.42. The second kappa shape index (κ2) is 18.1. The molecule has 0 spiro atoms. The van der Waals surface area contributed by atoms with Crippen molar-refractivity contribution >= 4 is 18.1 Å². The van der Waals surface area contributed by atoms with Crippen molar-refractivity contribution in [2.75, 3.05) is 26.2 Å². The van der Waals surface area contributed by atoms with Gasteiger partial charge in [0.05, 0.1) is 25.2 Å². The zero-order valence-electron chi connectivity index (χ0n) is 32.7. The van der Waals surface area contributed by atoms with Crippen LogP contribution in [0.15, 0.2) is 90.5 Å². The first kappa shape index (κ1) is 40.5. The number of carbonyl (C=O) groups is 2. The molecule has 1 saturated heterocycles. The quantitative estimate of drug-likeness (QED) is 0.185. The maximum Gasteiger partial charge on any atom is 0.408 e. The average Bonchev–Trinajstić information content (AvgIpc) is 3.09. The number of benzene rings is 3. The summed E-state index contributed by atoms with van der Waals surface area (Å²) in [4.78, 5) is 27.6. The summed E-state index contributed by atoms with van der Waals surface area (Å²) in [6, 6.07) is 17.8. The predicted octanol–water partition coefficient (Wildman–Crippen LogP) is 9.53. The van der Waals surface area contributed by atoms with Crippen molar-refractivity contribution in [1.82, 2.24) is 10.2 Å². The SMILES string of the molecule is CC(NC(=O)OC(C)(C)C)c1cccc(-c2cc(C=CC3CN(CC4=CC=CCC4)CCO3)cc(COc3ccccc3CC(=O)OC(C)(C)C)c2)c1F. The fourth-order valence-electron chi connectivity index (χ4n) is 6.49. The lowest BCUT2D eigenvalue weighted by Gasteiger charge is -2.32. The van der Waals surface area contributed by atoms with Crippen LogP contribution >= 0.6 is 0 Å². The zero-order chi connectivity index (χ0) is 38.9. The van der Waals surface area contributed by atoms with Crippen molar-refractivity contribution < 1.29 is 32.9 Å². The third-order valence-electron chi connectivity index (χ3n) is 8.88. The Morgan fingerprint density at radius 1 is 1.02 bits per heavy atom. The van der Waals surface area contributed by atoms with Crippen LogP contribution in [0.25, 0.3) is 17.2 Å². The van der Waals surface area contributed by atoms with Gasteiger partial charge in [0.2, 0.25) is 0 Å². The maximum atomic E-state index is 16.4. The van der Waals surface area contributed by atoms with E-state index < -0.39 is 29.2 Å². The standard InChI is InChI=1S/C45H55FN2O6/c1-31(47-43(50)54-45(5,6)7)38-17-13-18-39(42(38)46)36-25-33(20-21-37-29-48(22-23-51-37)28-32-14-9-8-10-15-32)24-34(26-36)30-52-40-19-12-11-16-35(40)27-41(49)53-44(2,3)4/h8-9,11-14,16-21,24-26,31,37H,10,15,22-23,27-30H2,1-7H3,(H,47,50). The van der Waals surface area contributed by atoms with Gasteiger partial charge in [0.15, 0.2) is 0 Å². The van der Waals surface area contributed by atoms with Gasteiger partial charge in [0.1, 0.15) is 29.4 Å². The smallest absolute Gasteiger partial charge is 0.408 e. The van der Waals surface area contributed by atoms with Crippen LogP contribution in [0.5, 0.6) is 5.75 Å². The molecule has 0 saturated carbocycles. The van der Waals surface area contributed by atoms with Gasteiger partial charge in [-0.1, -0.05) is 72.4 Å². The molecule has 1 amide bonds. The molecule has 8 nitrogen and oxygen atoms in total. The average molecular weight is 739 g/mol. The van der Waals surface area contributed by atoms with E-state index in [1.54, 1.807) is 45.9 Å². The molecule has 1 aliphatic carbocycles. The van der Waals surface area contributed by atoms with E-state index in [1.165, 1.54) is 5.57 Å². The van der Waals surface area contributed by atoms with E-state index in [4.69, 9.17) is 18.9 Å². The normalized spacial score (nSPS) is 17.2. The first-order chi connectivity index (χ1) is 25.6. The fraction of sp³-hybridized carbons (Fsp3) is 0.422. The van der Waals surface area contributed by atoms with E-state index in [2.05, 4.69) is 34.5 Å². The summed E-state index contributed by atoms with van der Waals surface area (Å²) in [6.07, 6.45) is 12.2. The highest BCUT2D eigenvalue weighted by atomic mass is 19.1. The molecule has 0 aromatic heterocycles. The van der Waals surface area contributed by atoms with Crippen molar-refractivity contribution in [3.05, 3.63) is 119 Å². The molecule has 288 valence electrons. The molecule has 0 radical (unpaired) electrons. The summed E-state index contributed by atoms with van der Waals surface area (Å²) >= 11 is 0. The van der Waals surface area contributed by atoms with Crippen LogP contribution in [0, 0.1) is 5.82 Å². The Morgan fingerprint density at radius 3 is 2.54 bits per heavy atom. The number of hydrogen-bond acceptors (Lipinski definition) is 7. The van der Waals surface area contributed by atoms with Gasteiger partial charge in [-0.15, -0.1) is 0 Å². The Labute approximate surface area is 320 Å². The highest BCUT2D eigenvalue weighted by Crippen LogP contribution is 2.31. The third kappa shape index (κ3) is 12.4. The molecule has 0 bridgehead atoms. The first-order valence-electron chi connectivity index (χ1n) is 18.8. The number of alkyl carbamates (subject to hydrolysis) is 1. The van der Waals surface area contributed by atoms with E-state index >= 15 is 4.39 Å². The Hall–Kier alpha value is -4.73. The minimum absolute atomic E-state index is 0.0708. The van der Waals surface area contributed by atoms with Crippen LogP contribution in [0.1, 0.15) is 89.6 Å². The number of halogens is 1. The van der Waals surface area contributed by atoms with E-state index in [9.17, 15) is 9.59 Å². The number of amides is 1. The topological polar surface area (TPSA) is 86.3 Å². The lowest BCUT2D eigenvalue weighted by molar-refractivity contribution is -0.153. The predicted molar refractivity (Wildman–Crippen MR) is 212 cm³/mol. The number of nitrogens with one attached hydrogen (secondary N) is 1. The van der Waals surface area contributed by atoms with Crippen molar-refractivity contribution in [3.63, 3.8) is 0 Å². The molecule has 1 N–H and O–H groups in total. The highest BCUT2D eigenvalue weighted by molar-refractivity contribution is 5.74. The molecule has 54 heavy (non-hydrogen) atoms. The Bertz CT molecular complexity index is 1870. The van der Waals surface area contributed by atoms with Crippen molar-refractivity contribution in [1.29, 1.82) is 0 Å². The first-order valence-corrected chi connectivity index (χ1v) is 18.8. The van der Waals surface area contributed by atoms with E-state index in [0.29, 0.717) is 34.6 Å². The highest BCUT2D eigenvalue weighted by Gasteiger charge is 2.23. The van der Waals surface area contributed by atoms with Crippen LogP contribution in [-0.4, -0.2) is 60.5 Å². The summed E-state index contributed by atoms with van der Waals surface area (Å²) in [5.74, 6) is -0.204. The molecule has 1 heterocycles. The van der Waals surface area contributed by atoms with Crippen molar-refractivity contribution in [2.45, 2.75) is 97.7 Å². The molecule has 3 aromatic carbocycles. The molecule has 2 atom stereocenters. The minimum atomic E-state index is -0.682. The Kier molecular flexibility index (Phi) is 13.5. The minimum Gasteiger partial charge on any atom is -0.489 e. The summed E-state index contributed by atoms with van der Waals surface area (Å²) in [5.41, 5.74) is 3.93. The zero-order valence-corrected chi connectivity index (χ0v) is 32.7. The number of hydrogen-bond donors (Lipinski definition) is 1. The largest absolute Gasteiger partial charge is 0.489 e. The number of carbonyl (C=O) groups excluding carboxylic acids is 2. The Morgan fingerprint density at radius 2 is 1.80 bits per heavy atom. The van der Waals surface area contributed by atoms with Crippen LogP contribution in [0.3, 0.4) is 0 Å². The summed E-state index contributed by atoms with van der Waals surface area (Å²) in [5, 5.41) is 2.76. The Balaban J connectivity index is 1.41. The van der Waals surface area contributed by atoms with Gasteiger partial charge in [-0.2, -0.15) is 0 Å². The van der Waals surface area contributed by atoms with Gasteiger partial charge in [-0.3, -0.25) is 9.69 Å². The number of esters is 1. The maximum absolute atomic E-state index is 16.4. The van der Waals surface area contributed by atoms with Gasteiger partial charge in [0, 0.05) is 36.3 Å². The number of allylic oxidation sites excluding steroid dienone is 3. The van der Waals surface area contributed by atoms with Crippen LogP contribution in [0.2, 0.25) is 0 Å². The van der Waals surface area contributed by atoms with Gasteiger partial charge >= 0.3 is 12.1 Å². The molecule has 2 unspecified atom stereocenters. The van der Waals surface area contributed by atoms with E-state index in [-0.39, 0.29) is 25.1 Å². The monoisotopic (exact) mass is 738 g/mol. The summed E-state index contributed by atoms with van der Waals surface area (Å²) in [7, 11) is 0. The van der Waals surface area contributed by atoms with Crippen molar-refractivity contribution in [2.24, 2.45) is 0 Å². The molecule has 9 heteroatoms. The molecule has 1 aliphatic heterocycles. The molecular weight excluding hydrogens is 684 g/mol. The molecule has 3 aromatic rings. The van der Waals surface area contributed by atoms with Gasteiger partial charge < -0.3 is 24.3 Å². The van der Waals surface area contributed by atoms with Crippen molar-refractivity contribution in [3.8, 4) is 16.9 Å². The molecule has 5 rings (SSSR count). The number of morpholine rings is 1. The van der Waals surface area contributed by atoms with Gasteiger partial charge in [0.25, 0.3) is 0 Å². The fourth-order valence-corrected chi connectivity index (χ4v) is 6.49. The molecular formula is C45H55FN2O6. The lowest BCUT2D eigenvalue weighted by atomic mass is 9.95. The summed E-state index contributed by atoms with van der Waals surface area (Å²) in [6.45, 7) is 16.0. The second-order valence-electron chi connectivity index (χ2n) is 16.0. The number of para-hydroxylation sites is 1. The van der Waals surface area contributed by atoms with Gasteiger partial charge in [-0.25, -0.2) is 9.18 Å². The third-order valence-corrected chi connectivity index (χ3v) is 8.88. The number of nitrogens with zero attached hydrogens (tertiary/aromatic N) is 1. The van der Waals surface area contributed by atoms with Gasteiger partial charge in [-0.05, 0) is 102 Å². The van der Waals surface area contributed by atoms with Crippen LogP contribution in [-0.2, 0) is 32.0 Å². The number of rotatable bonds is 12. The number of ether oxygens (including phenoxy) is 4. The van der Waals surface area contributed by atoms with Crippen LogP contribution < -0.4 is 10.1 Å².